The summed E-state index contributed by atoms with van der Waals surface area (Å²) in [7, 11) is 1.92. The molecule has 0 aromatic heterocycles. The van der Waals surface area contributed by atoms with Crippen molar-refractivity contribution in [1.82, 2.24) is 9.80 Å². The summed E-state index contributed by atoms with van der Waals surface area (Å²) in [5, 5.41) is 0.985. The SMILES string of the molecule is CN(C(=O)Cc1ccc(Cl)c(Cl)c1)C1CC2(CCC1N1CCCC1)OCCO2. The average Bonchev–Trinajstić information content (AvgIpc) is 3.37. The molecule has 28 heavy (non-hydrogen) atoms. The molecule has 1 spiro atoms. The zero-order valence-electron chi connectivity index (χ0n) is 16.3. The molecule has 0 N–H and O–H groups in total. The average molecular weight is 427 g/mol. The number of likely N-dealkylation sites (tertiary alicyclic amines) is 1. The second kappa shape index (κ2) is 8.49. The molecule has 2 atom stereocenters. The van der Waals surface area contributed by atoms with E-state index in [0.29, 0.717) is 35.7 Å². The summed E-state index contributed by atoms with van der Waals surface area (Å²) >= 11 is 12.1. The number of nitrogens with zero attached hydrogens (tertiary/aromatic N) is 2. The van der Waals surface area contributed by atoms with Crippen molar-refractivity contribution in [1.29, 1.82) is 0 Å². The van der Waals surface area contributed by atoms with Gasteiger partial charge in [0.25, 0.3) is 0 Å². The van der Waals surface area contributed by atoms with Gasteiger partial charge in [-0.15, -0.1) is 0 Å². The molecule has 2 heterocycles. The maximum absolute atomic E-state index is 13.1. The fourth-order valence-electron chi connectivity index (χ4n) is 4.90. The van der Waals surface area contributed by atoms with Crippen LogP contribution in [0.15, 0.2) is 18.2 Å². The fraction of sp³-hybridized carbons (Fsp3) is 0.667. The molecule has 3 aliphatic rings. The van der Waals surface area contributed by atoms with E-state index in [-0.39, 0.29) is 11.9 Å². The standard InChI is InChI=1S/C21H28Cl2N2O3/c1-24(20(26)13-15-4-5-16(22)17(23)12-15)19-14-21(27-10-11-28-21)7-6-18(19)25-8-2-3-9-25/h4-5,12,18-19H,2-3,6-11,13-14H2,1H3. The van der Waals surface area contributed by atoms with E-state index in [1.54, 1.807) is 12.1 Å². The Morgan fingerprint density at radius 1 is 1.21 bits per heavy atom. The molecule has 1 aromatic carbocycles. The minimum Gasteiger partial charge on any atom is -0.347 e. The summed E-state index contributed by atoms with van der Waals surface area (Å²) in [5.41, 5.74) is 0.878. The summed E-state index contributed by atoms with van der Waals surface area (Å²) < 4.78 is 12.0. The summed E-state index contributed by atoms with van der Waals surface area (Å²) in [4.78, 5) is 17.6. The molecule has 1 saturated carbocycles. The van der Waals surface area contributed by atoms with Gasteiger partial charge >= 0.3 is 0 Å². The molecule has 2 saturated heterocycles. The number of halogens is 2. The highest BCUT2D eigenvalue weighted by atomic mass is 35.5. The summed E-state index contributed by atoms with van der Waals surface area (Å²) in [6, 6.07) is 5.83. The largest absolute Gasteiger partial charge is 0.347 e. The molecule has 1 aliphatic carbocycles. The van der Waals surface area contributed by atoms with E-state index in [9.17, 15) is 4.79 Å². The van der Waals surface area contributed by atoms with Gasteiger partial charge in [0.05, 0.1) is 35.7 Å². The van der Waals surface area contributed by atoms with Crippen LogP contribution in [0.3, 0.4) is 0 Å². The van der Waals surface area contributed by atoms with Crippen molar-refractivity contribution in [2.75, 3.05) is 33.4 Å². The first-order chi connectivity index (χ1) is 13.5. The van der Waals surface area contributed by atoms with E-state index in [0.717, 1.165) is 37.9 Å². The van der Waals surface area contributed by atoms with E-state index in [2.05, 4.69) is 4.90 Å². The molecule has 1 aromatic rings. The van der Waals surface area contributed by atoms with Crippen molar-refractivity contribution >= 4 is 29.1 Å². The molecule has 5 nitrogen and oxygen atoms in total. The van der Waals surface area contributed by atoms with Crippen molar-refractivity contribution < 1.29 is 14.3 Å². The van der Waals surface area contributed by atoms with Crippen LogP contribution in [-0.4, -0.2) is 66.9 Å². The van der Waals surface area contributed by atoms with E-state index >= 15 is 0 Å². The number of carbonyl (C=O) groups excluding carboxylic acids is 1. The van der Waals surface area contributed by atoms with Crippen molar-refractivity contribution in [3.8, 4) is 0 Å². The number of benzene rings is 1. The summed E-state index contributed by atoms with van der Waals surface area (Å²) in [6.45, 7) is 3.51. The van der Waals surface area contributed by atoms with Crippen LogP contribution >= 0.6 is 23.2 Å². The van der Waals surface area contributed by atoms with Crippen LogP contribution in [0.25, 0.3) is 0 Å². The Kier molecular flexibility index (Phi) is 6.19. The number of amides is 1. The van der Waals surface area contributed by atoms with Crippen molar-refractivity contribution in [3.05, 3.63) is 33.8 Å². The van der Waals surface area contributed by atoms with Gasteiger partial charge in [0.1, 0.15) is 0 Å². The monoisotopic (exact) mass is 426 g/mol. The minimum absolute atomic E-state index is 0.0835. The predicted molar refractivity (Wildman–Crippen MR) is 110 cm³/mol. The Morgan fingerprint density at radius 3 is 2.61 bits per heavy atom. The first-order valence-corrected chi connectivity index (χ1v) is 10.9. The predicted octanol–water partition coefficient (Wildman–Crippen LogP) is 3.75. The normalized spacial score (nSPS) is 27.4. The van der Waals surface area contributed by atoms with Crippen molar-refractivity contribution in [2.45, 2.75) is 56.4 Å². The van der Waals surface area contributed by atoms with Gasteiger partial charge in [-0.3, -0.25) is 9.69 Å². The Morgan fingerprint density at radius 2 is 1.93 bits per heavy atom. The van der Waals surface area contributed by atoms with Gasteiger partial charge in [-0.1, -0.05) is 29.3 Å². The van der Waals surface area contributed by atoms with Gasteiger partial charge in [0, 0.05) is 25.9 Å². The number of ether oxygens (including phenoxy) is 2. The van der Waals surface area contributed by atoms with Crippen LogP contribution in [-0.2, 0) is 20.7 Å². The number of likely N-dealkylation sites (N-methyl/N-ethyl adjacent to an activating group) is 1. The highest BCUT2D eigenvalue weighted by Gasteiger charge is 2.48. The van der Waals surface area contributed by atoms with E-state index in [1.165, 1.54) is 12.8 Å². The lowest BCUT2D eigenvalue weighted by atomic mass is 9.83. The van der Waals surface area contributed by atoms with Crippen LogP contribution in [0.1, 0.15) is 37.7 Å². The highest BCUT2D eigenvalue weighted by Crippen LogP contribution is 2.40. The van der Waals surface area contributed by atoms with Crippen molar-refractivity contribution in [2.24, 2.45) is 0 Å². The highest BCUT2D eigenvalue weighted by molar-refractivity contribution is 6.42. The zero-order valence-corrected chi connectivity index (χ0v) is 17.8. The van der Waals surface area contributed by atoms with Crippen molar-refractivity contribution in [3.63, 3.8) is 0 Å². The molecular weight excluding hydrogens is 399 g/mol. The molecule has 154 valence electrons. The third-order valence-electron chi connectivity index (χ3n) is 6.44. The topological polar surface area (TPSA) is 42.0 Å². The smallest absolute Gasteiger partial charge is 0.227 e. The van der Waals surface area contributed by atoms with Crippen LogP contribution < -0.4 is 0 Å². The molecule has 0 bridgehead atoms. The lowest BCUT2D eigenvalue weighted by molar-refractivity contribution is -0.198. The van der Waals surface area contributed by atoms with E-state index in [4.69, 9.17) is 32.7 Å². The lowest BCUT2D eigenvalue weighted by Gasteiger charge is -2.47. The number of hydrogen-bond donors (Lipinski definition) is 0. The van der Waals surface area contributed by atoms with Gasteiger partial charge in [0.15, 0.2) is 5.79 Å². The van der Waals surface area contributed by atoms with Gasteiger partial charge in [-0.25, -0.2) is 0 Å². The molecule has 2 aliphatic heterocycles. The number of rotatable bonds is 4. The Balaban J connectivity index is 1.50. The number of carbonyl (C=O) groups is 1. The summed E-state index contributed by atoms with van der Waals surface area (Å²) in [6.07, 6.45) is 5.42. The van der Waals surface area contributed by atoms with Gasteiger partial charge in [-0.05, 0) is 50.0 Å². The number of hydrogen-bond acceptors (Lipinski definition) is 4. The Bertz CT molecular complexity index is 718. The van der Waals surface area contributed by atoms with Gasteiger partial charge in [-0.2, -0.15) is 0 Å². The first kappa shape index (κ1) is 20.4. The van der Waals surface area contributed by atoms with Crippen LogP contribution in [0.5, 0.6) is 0 Å². The maximum Gasteiger partial charge on any atom is 0.227 e. The lowest BCUT2D eigenvalue weighted by Crippen LogP contribution is -2.58. The first-order valence-electron chi connectivity index (χ1n) is 10.2. The van der Waals surface area contributed by atoms with Crippen LogP contribution in [0.2, 0.25) is 10.0 Å². The van der Waals surface area contributed by atoms with E-state index < -0.39 is 5.79 Å². The molecule has 2 unspecified atom stereocenters. The molecule has 0 radical (unpaired) electrons. The van der Waals surface area contributed by atoms with Gasteiger partial charge in [0.2, 0.25) is 5.91 Å². The van der Waals surface area contributed by atoms with Gasteiger partial charge < -0.3 is 14.4 Å². The van der Waals surface area contributed by atoms with E-state index in [1.807, 2.05) is 18.0 Å². The molecule has 1 amide bonds. The zero-order chi connectivity index (χ0) is 19.7. The Hall–Kier alpha value is -0.850. The third-order valence-corrected chi connectivity index (χ3v) is 7.18. The summed E-state index contributed by atoms with van der Waals surface area (Å²) in [5.74, 6) is -0.429. The Labute approximate surface area is 176 Å². The molecular formula is C21H28Cl2N2O3. The quantitative estimate of drug-likeness (QED) is 0.734. The molecule has 7 heteroatoms. The molecule has 4 rings (SSSR count). The third kappa shape index (κ3) is 4.19. The second-order valence-corrected chi connectivity index (χ2v) is 8.97. The minimum atomic E-state index is -0.515. The molecule has 3 fully saturated rings. The maximum atomic E-state index is 13.1. The second-order valence-electron chi connectivity index (χ2n) is 8.16. The van der Waals surface area contributed by atoms with Crippen LogP contribution in [0.4, 0.5) is 0 Å². The van der Waals surface area contributed by atoms with Crippen LogP contribution in [0, 0.1) is 0 Å². The fourth-order valence-corrected chi connectivity index (χ4v) is 5.22.